The zero-order chi connectivity index (χ0) is 26.9. The van der Waals surface area contributed by atoms with E-state index in [1.807, 2.05) is 20.8 Å². The van der Waals surface area contributed by atoms with Crippen molar-refractivity contribution in [2.45, 2.75) is 45.6 Å². The molecular weight excluding hydrogens is 476 g/mol. The summed E-state index contributed by atoms with van der Waals surface area (Å²) in [5.74, 6) is 0.529. The van der Waals surface area contributed by atoms with Crippen molar-refractivity contribution in [2.75, 3.05) is 18.5 Å². The Bertz CT molecular complexity index is 1160. The third-order valence-corrected chi connectivity index (χ3v) is 5.49. The molecule has 11 nitrogen and oxygen atoms in total. The maximum atomic E-state index is 13.3. The molecule has 0 fully saturated rings. The van der Waals surface area contributed by atoms with E-state index >= 15 is 0 Å². The summed E-state index contributed by atoms with van der Waals surface area (Å²) in [6, 6.07) is 11.2. The summed E-state index contributed by atoms with van der Waals surface area (Å²) in [5.41, 5.74) is 13.1. The van der Waals surface area contributed by atoms with Gasteiger partial charge in [0.15, 0.2) is 24.3 Å². The Labute approximate surface area is 216 Å². The van der Waals surface area contributed by atoms with Crippen LogP contribution < -0.4 is 31.4 Å². The molecule has 1 aliphatic heterocycles. The van der Waals surface area contributed by atoms with Gasteiger partial charge in [-0.2, -0.15) is 0 Å². The predicted octanol–water partition coefficient (Wildman–Crippen LogP) is 2.16. The molecule has 0 saturated heterocycles. The number of amidine groups is 1. The highest BCUT2D eigenvalue weighted by atomic mass is 16.5. The molecule has 37 heavy (non-hydrogen) atoms. The van der Waals surface area contributed by atoms with Gasteiger partial charge >= 0.3 is 0 Å². The highest BCUT2D eigenvalue weighted by molar-refractivity contribution is 5.95. The fourth-order valence-corrected chi connectivity index (χ4v) is 3.64. The van der Waals surface area contributed by atoms with Gasteiger partial charge in [-0.25, -0.2) is 10.2 Å². The van der Waals surface area contributed by atoms with Gasteiger partial charge in [0.2, 0.25) is 0 Å². The van der Waals surface area contributed by atoms with Crippen molar-refractivity contribution in [3.05, 3.63) is 70.4 Å². The molecule has 2 atom stereocenters. The average Bonchev–Trinajstić information content (AvgIpc) is 2.87. The van der Waals surface area contributed by atoms with Crippen molar-refractivity contribution in [2.24, 2.45) is 5.73 Å². The van der Waals surface area contributed by atoms with Crippen LogP contribution in [-0.4, -0.2) is 53.3 Å². The Morgan fingerprint density at radius 1 is 1.22 bits per heavy atom. The highest BCUT2D eigenvalue weighted by Crippen LogP contribution is 2.33. The molecule has 0 spiro atoms. The SMILES string of the molecule is CCOc1cc(C(Nc2ccc(C(=N)N)cc2)C(=O)NNC(O)C2=CC=[N+]([O-])CC2)ccc1OC(C)C. The first-order valence-corrected chi connectivity index (χ1v) is 12.0. The van der Waals surface area contributed by atoms with Gasteiger partial charge in [-0.15, -0.1) is 0 Å². The van der Waals surface area contributed by atoms with E-state index in [1.165, 1.54) is 12.3 Å². The number of aliphatic hydroxyl groups excluding tert-OH is 1. The Balaban J connectivity index is 1.86. The van der Waals surface area contributed by atoms with E-state index in [0.29, 0.717) is 46.9 Å². The van der Waals surface area contributed by atoms with E-state index in [9.17, 15) is 15.1 Å². The maximum absolute atomic E-state index is 13.3. The number of rotatable bonds is 12. The van der Waals surface area contributed by atoms with Crippen LogP contribution in [-0.2, 0) is 4.79 Å². The van der Waals surface area contributed by atoms with Crippen LogP contribution in [0.1, 0.15) is 44.4 Å². The largest absolute Gasteiger partial charge is 0.624 e. The van der Waals surface area contributed by atoms with Gasteiger partial charge in [0.05, 0.1) is 12.7 Å². The number of anilines is 1. The van der Waals surface area contributed by atoms with Gasteiger partial charge in [-0.1, -0.05) is 6.07 Å². The van der Waals surface area contributed by atoms with Crippen molar-refractivity contribution in [1.29, 1.82) is 5.41 Å². The number of benzene rings is 2. The number of amides is 1. The molecule has 7 N–H and O–H groups in total. The molecule has 198 valence electrons. The number of hydrazine groups is 1. The number of nitrogens with one attached hydrogen (secondary N) is 4. The maximum Gasteiger partial charge on any atom is 0.261 e. The third kappa shape index (κ3) is 7.69. The quantitative estimate of drug-likeness (QED) is 0.0630. The smallest absolute Gasteiger partial charge is 0.261 e. The van der Waals surface area contributed by atoms with Crippen molar-refractivity contribution in [3.63, 3.8) is 0 Å². The highest BCUT2D eigenvalue weighted by Gasteiger charge is 2.24. The second-order valence-corrected chi connectivity index (χ2v) is 8.69. The molecule has 1 aliphatic rings. The molecular formula is C26H34N6O5. The fraction of sp³-hybridized carbons (Fsp3) is 0.346. The van der Waals surface area contributed by atoms with Gasteiger partial charge in [0.1, 0.15) is 18.1 Å². The summed E-state index contributed by atoms with van der Waals surface area (Å²) >= 11 is 0. The summed E-state index contributed by atoms with van der Waals surface area (Å²) in [7, 11) is 0. The summed E-state index contributed by atoms with van der Waals surface area (Å²) in [6.07, 6.45) is 1.99. The first-order valence-electron chi connectivity index (χ1n) is 12.0. The fourth-order valence-electron chi connectivity index (χ4n) is 3.64. The minimum Gasteiger partial charge on any atom is -0.624 e. The van der Waals surface area contributed by atoms with E-state index in [2.05, 4.69) is 16.2 Å². The standard InChI is InChI=1S/C26H34N6O5/c1-4-36-22-15-19(7-10-21(22)37-16(2)3)23(29-20-8-5-17(6-9-20)24(27)28)26(34)31-30-25(33)18-11-13-32(35)14-12-18/h5-11,13,15-16,23,25,29-30,33H,4,12,14H2,1-3H3,(H3,27,28)(H,31,34). The van der Waals surface area contributed by atoms with Crippen molar-refractivity contribution in [1.82, 2.24) is 10.9 Å². The number of hydroxylamine groups is 1. The second-order valence-electron chi connectivity index (χ2n) is 8.69. The number of carbonyl (C=O) groups is 1. The molecule has 0 radical (unpaired) electrons. The summed E-state index contributed by atoms with van der Waals surface area (Å²) in [4.78, 5) is 13.3. The minimum atomic E-state index is -1.16. The van der Waals surface area contributed by atoms with Crippen LogP contribution in [0.25, 0.3) is 0 Å². The van der Waals surface area contributed by atoms with Gasteiger partial charge < -0.3 is 30.8 Å². The van der Waals surface area contributed by atoms with E-state index in [-0.39, 0.29) is 18.5 Å². The molecule has 1 amide bonds. The molecule has 0 aromatic heterocycles. The normalized spacial score (nSPS) is 14.7. The van der Waals surface area contributed by atoms with Gasteiger partial charge in [-0.05, 0) is 68.3 Å². The number of ether oxygens (including phenoxy) is 2. The zero-order valence-electron chi connectivity index (χ0n) is 21.2. The number of nitrogen functional groups attached to an aromatic ring is 1. The van der Waals surface area contributed by atoms with Crippen molar-refractivity contribution >= 4 is 23.6 Å². The lowest BCUT2D eigenvalue weighted by atomic mass is 10.0. The summed E-state index contributed by atoms with van der Waals surface area (Å²) in [6.45, 7) is 6.33. The molecule has 11 heteroatoms. The summed E-state index contributed by atoms with van der Waals surface area (Å²) < 4.78 is 12.4. The number of hydrogen-bond acceptors (Lipinski definition) is 8. The minimum absolute atomic E-state index is 0.0597. The molecule has 1 heterocycles. The van der Waals surface area contributed by atoms with Gasteiger partial charge in [0.25, 0.3) is 5.91 Å². The first-order chi connectivity index (χ1) is 17.7. The van der Waals surface area contributed by atoms with E-state index in [0.717, 1.165) is 4.74 Å². The van der Waals surface area contributed by atoms with E-state index in [4.69, 9.17) is 20.6 Å². The van der Waals surface area contributed by atoms with Crippen LogP contribution in [0.3, 0.4) is 0 Å². The lowest BCUT2D eigenvalue weighted by Crippen LogP contribution is -2.48. The second kappa shape index (κ2) is 12.7. The van der Waals surface area contributed by atoms with Crippen molar-refractivity contribution < 1.29 is 24.1 Å². The van der Waals surface area contributed by atoms with Crippen LogP contribution in [0.5, 0.6) is 11.5 Å². The van der Waals surface area contributed by atoms with Crippen LogP contribution >= 0.6 is 0 Å². The number of aliphatic hydroxyl groups is 1. The number of nitrogens with zero attached hydrogens (tertiary/aromatic N) is 1. The molecule has 2 aromatic carbocycles. The lowest BCUT2D eigenvalue weighted by Gasteiger charge is -2.24. The van der Waals surface area contributed by atoms with E-state index in [1.54, 1.807) is 42.5 Å². The average molecular weight is 511 g/mol. The van der Waals surface area contributed by atoms with Crippen LogP contribution in [0.2, 0.25) is 0 Å². The zero-order valence-corrected chi connectivity index (χ0v) is 21.2. The summed E-state index contributed by atoms with van der Waals surface area (Å²) in [5, 5.41) is 32.5. The number of hydrogen-bond donors (Lipinski definition) is 6. The molecule has 2 unspecified atom stereocenters. The molecule has 0 aliphatic carbocycles. The molecule has 0 saturated carbocycles. The van der Waals surface area contributed by atoms with Gasteiger partial charge in [-0.3, -0.25) is 15.6 Å². The number of carbonyl (C=O) groups excluding carboxylic acids is 1. The predicted molar refractivity (Wildman–Crippen MR) is 142 cm³/mol. The Hall–Kier alpha value is -4.09. The van der Waals surface area contributed by atoms with Crippen molar-refractivity contribution in [3.8, 4) is 11.5 Å². The number of allylic oxidation sites excluding steroid dienone is 1. The molecule has 2 aromatic rings. The monoisotopic (exact) mass is 510 g/mol. The topological polar surface area (TPSA) is 168 Å². The Kier molecular flexibility index (Phi) is 9.47. The van der Waals surface area contributed by atoms with E-state index < -0.39 is 18.2 Å². The molecule has 0 bridgehead atoms. The van der Waals surface area contributed by atoms with Crippen LogP contribution in [0, 0.1) is 10.6 Å². The number of nitrogens with two attached hydrogens (primary N) is 1. The first kappa shape index (κ1) is 27.5. The Morgan fingerprint density at radius 2 is 1.95 bits per heavy atom. The Morgan fingerprint density at radius 3 is 2.54 bits per heavy atom. The lowest BCUT2D eigenvalue weighted by molar-refractivity contribution is -0.453. The van der Waals surface area contributed by atoms with Crippen LogP contribution in [0.4, 0.5) is 5.69 Å². The van der Waals surface area contributed by atoms with Crippen LogP contribution in [0.15, 0.2) is 54.1 Å². The molecule has 3 rings (SSSR count). The van der Waals surface area contributed by atoms with Gasteiger partial charge in [0, 0.05) is 23.7 Å². The third-order valence-electron chi connectivity index (χ3n) is 5.49.